The molecule has 2 aromatic rings. The van der Waals surface area contributed by atoms with Crippen molar-refractivity contribution in [2.75, 3.05) is 0 Å². The fourth-order valence-electron chi connectivity index (χ4n) is 1.89. The summed E-state index contributed by atoms with van der Waals surface area (Å²) in [6, 6.07) is 2.92. The molecule has 1 saturated carbocycles. The SMILES string of the molecule is Cc1cnc(Sc2ncc(CNC3CC3)cc2C)nc1. The lowest BCUT2D eigenvalue weighted by Crippen LogP contribution is -2.15. The standard InChI is InChI=1S/C15H18N4S/c1-10-6-18-15(19-7-10)20-14-11(2)5-12(9-17-14)8-16-13-3-4-13/h5-7,9,13,16H,3-4,8H2,1-2H3. The molecule has 0 bridgehead atoms. The zero-order valence-corrected chi connectivity index (χ0v) is 12.6. The predicted octanol–water partition coefficient (Wildman–Crippen LogP) is 2.89. The molecular formula is C15H18N4S. The number of hydrogen-bond donors (Lipinski definition) is 1. The minimum Gasteiger partial charge on any atom is -0.310 e. The van der Waals surface area contributed by atoms with E-state index in [2.05, 4.69) is 33.3 Å². The molecule has 3 rings (SSSR count). The Labute approximate surface area is 123 Å². The lowest BCUT2D eigenvalue weighted by molar-refractivity contribution is 0.684. The van der Waals surface area contributed by atoms with Crippen LogP contribution < -0.4 is 5.32 Å². The van der Waals surface area contributed by atoms with Crippen LogP contribution in [0.4, 0.5) is 0 Å². The van der Waals surface area contributed by atoms with Crippen molar-refractivity contribution >= 4 is 11.8 Å². The highest BCUT2D eigenvalue weighted by Crippen LogP contribution is 2.26. The first kappa shape index (κ1) is 13.5. The zero-order valence-electron chi connectivity index (χ0n) is 11.8. The molecule has 0 aliphatic heterocycles. The second-order valence-corrected chi connectivity index (χ2v) is 6.22. The molecule has 1 aliphatic carbocycles. The third kappa shape index (κ3) is 3.55. The minimum atomic E-state index is 0.727. The Kier molecular flexibility index (Phi) is 3.98. The molecule has 1 aliphatic rings. The maximum atomic E-state index is 4.54. The molecule has 0 saturated heterocycles. The van der Waals surface area contributed by atoms with Crippen LogP contribution in [0.25, 0.3) is 0 Å². The summed E-state index contributed by atoms with van der Waals surface area (Å²) in [7, 11) is 0. The molecule has 0 amide bonds. The minimum absolute atomic E-state index is 0.727. The highest BCUT2D eigenvalue weighted by atomic mass is 32.2. The Morgan fingerprint density at radius 1 is 1.15 bits per heavy atom. The summed E-state index contributed by atoms with van der Waals surface area (Å²) >= 11 is 1.51. The van der Waals surface area contributed by atoms with Gasteiger partial charge in [-0.2, -0.15) is 0 Å². The maximum Gasteiger partial charge on any atom is 0.193 e. The predicted molar refractivity (Wildman–Crippen MR) is 79.7 cm³/mol. The lowest BCUT2D eigenvalue weighted by atomic mass is 10.2. The Morgan fingerprint density at radius 3 is 2.55 bits per heavy atom. The van der Waals surface area contributed by atoms with Gasteiger partial charge in [0.1, 0.15) is 5.03 Å². The second-order valence-electron chi connectivity index (χ2n) is 5.27. The Hall–Kier alpha value is -1.46. The quantitative estimate of drug-likeness (QED) is 0.857. The van der Waals surface area contributed by atoms with Crippen LogP contribution in [-0.2, 0) is 6.54 Å². The number of aryl methyl sites for hydroxylation is 2. The number of nitrogens with zero attached hydrogens (tertiary/aromatic N) is 3. The molecule has 1 fully saturated rings. The fraction of sp³-hybridized carbons (Fsp3) is 0.400. The van der Waals surface area contributed by atoms with Crippen molar-refractivity contribution in [1.29, 1.82) is 0 Å². The van der Waals surface area contributed by atoms with Gasteiger partial charge in [0.2, 0.25) is 0 Å². The van der Waals surface area contributed by atoms with Crippen LogP contribution in [0.5, 0.6) is 0 Å². The molecule has 2 heterocycles. The van der Waals surface area contributed by atoms with E-state index in [1.807, 2.05) is 25.5 Å². The molecule has 0 spiro atoms. The van der Waals surface area contributed by atoms with Gasteiger partial charge >= 0.3 is 0 Å². The van der Waals surface area contributed by atoms with E-state index in [0.717, 1.165) is 28.3 Å². The first-order valence-electron chi connectivity index (χ1n) is 6.86. The van der Waals surface area contributed by atoms with Gasteiger partial charge in [-0.25, -0.2) is 15.0 Å². The van der Waals surface area contributed by atoms with E-state index in [0.29, 0.717) is 0 Å². The molecule has 1 N–H and O–H groups in total. The van der Waals surface area contributed by atoms with Crippen molar-refractivity contribution in [2.45, 2.75) is 49.5 Å². The van der Waals surface area contributed by atoms with Crippen LogP contribution in [0.2, 0.25) is 0 Å². The van der Waals surface area contributed by atoms with Crippen LogP contribution in [0.3, 0.4) is 0 Å². The number of hydrogen-bond acceptors (Lipinski definition) is 5. The lowest BCUT2D eigenvalue weighted by Gasteiger charge is -2.07. The van der Waals surface area contributed by atoms with Gasteiger partial charge in [0.15, 0.2) is 5.16 Å². The third-order valence-electron chi connectivity index (χ3n) is 3.20. The van der Waals surface area contributed by atoms with Crippen LogP contribution in [0.15, 0.2) is 34.8 Å². The number of pyridine rings is 1. The van der Waals surface area contributed by atoms with Crippen molar-refractivity contribution in [1.82, 2.24) is 20.3 Å². The topological polar surface area (TPSA) is 50.7 Å². The molecule has 0 unspecified atom stereocenters. The van der Waals surface area contributed by atoms with Gasteiger partial charge in [0.25, 0.3) is 0 Å². The summed E-state index contributed by atoms with van der Waals surface area (Å²) < 4.78 is 0. The highest BCUT2D eigenvalue weighted by Gasteiger charge is 2.20. The van der Waals surface area contributed by atoms with Gasteiger partial charge in [0.05, 0.1) is 0 Å². The summed E-state index contributed by atoms with van der Waals surface area (Å²) in [5, 5.41) is 5.23. The van der Waals surface area contributed by atoms with E-state index in [4.69, 9.17) is 0 Å². The first-order valence-corrected chi connectivity index (χ1v) is 7.68. The average Bonchev–Trinajstić information content (AvgIpc) is 3.26. The largest absolute Gasteiger partial charge is 0.310 e. The van der Waals surface area contributed by atoms with Crippen LogP contribution >= 0.6 is 11.8 Å². The molecular weight excluding hydrogens is 268 g/mol. The Morgan fingerprint density at radius 2 is 1.90 bits per heavy atom. The highest BCUT2D eigenvalue weighted by molar-refractivity contribution is 7.99. The van der Waals surface area contributed by atoms with E-state index < -0.39 is 0 Å². The van der Waals surface area contributed by atoms with E-state index in [1.54, 1.807) is 0 Å². The number of aromatic nitrogens is 3. The Bertz CT molecular complexity index is 593. The maximum absolute atomic E-state index is 4.54. The molecule has 0 aromatic carbocycles. The molecule has 4 nitrogen and oxygen atoms in total. The van der Waals surface area contributed by atoms with E-state index in [9.17, 15) is 0 Å². The van der Waals surface area contributed by atoms with Gasteiger partial charge in [-0.3, -0.25) is 0 Å². The smallest absolute Gasteiger partial charge is 0.193 e. The molecule has 104 valence electrons. The van der Waals surface area contributed by atoms with Crippen LogP contribution in [-0.4, -0.2) is 21.0 Å². The van der Waals surface area contributed by atoms with E-state index in [-0.39, 0.29) is 0 Å². The van der Waals surface area contributed by atoms with Crippen molar-refractivity contribution in [3.63, 3.8) is 0 Å². The van der Waals surface area contributed by atoms with E-state index in [1.165, 1.54) is 35.7 Å². The summed E-state index contributed by atoms with van der Waals surface area (Å²) in [5.41, 5.74) is 3.48. The van der Waals surface area contributed by atoms with Gasteiger partial charge in [0, 0.05) is 31.2 Å². The van der Waals surface area contributed by atoms with Gasteiger partial charge < -0.3 is 5.32 Å². The van der Waals surface area contributed by atoms with Crippen molar-refractivity contribution in [2.24, 2.45) is 0 Å². The Balaban J connectivity index is 1.68. The van der Waals surface area contributed by atoms with Crippen molar-refractivity contribution in [3.8, 4) is 0 Å². The van der Waals surface area contributed by atoms with Crippen molar-refractivity contribution in [3.05, 3.63) is 41.3 Å². The first-order chi connectivity index (χ1) is 9.70. The number of rotatable bonds is 5. The molecule has 5 heteroatoms. The van der Waals surface area contributed by atoms with Gasteiger partial charge in [-0.05, 0) is 55.1 Å². The molecule has 2 aromatic heterocycles. The van der Waals surface area contributed by atoms with Crippen LogP contribution in [0.1, 0.15) is 29.5 Å². The fourth-order valence-corrected chi connectivity index (χ4v) is 2.60. The normalized spacial score (nSPS) is 14.5. The molecule has 0 atom stereocenters. The third-order valence-corrected chi connectivity index (χ3v) is 4.22. The monoisotopic (exact) mass is 286 g/mol. The zero-order chi connectivity index (χ0) is 13.9. The second kappa shape index (κ2) is 5.89. The average molecular weight is 286 g/mol. The summed E-state index contributed by atoms with van der Waals surface area (Å²) in [5.74, 6) is 0. The summed E-state index contributed by atoms with van der Waals surface area (Å²) in [4.78, 5) is 13.1. The molecule has 0 radical (unpaired) electrons. The number of nitrogens with one attached hydrogen (secondary N) is 1. The summed E-state index contributed by atoms with van der Waals surface area (Å²) in [6.07, 6.45) is 8.23. The van der Waals surface area contributed by atoms with Gasteiger partial charge in [-0.15, -0.1) is 0 Å². The summed E-state index contributed by atoms with van der Waals surface area (Å²) in [6.45, 7) is 4.98. The van der Waals surface area contributed by atoms with Crippen LogP contribution in [0, 0.1) is 13.8 Å². The molecule has 20 heavy (non-hydrogen) atoms. The van der Waals surface area contributed by atoms with E-state index >= 15 is 0 Å². The van der Waals surface area contributed by atoms with Crippen molar-refractivity contribution < 1.29 is 0 Å². The van der Waals surface area contributed by atoms with Gasteiger partial charge in [-0.1, -0.05) is 6.07 Å².